The van der Waals surface area contributed by atoms with Crippen molar-refractivity contribution in [3.8, 4) is 6.07 Å². The van der Waals surface area contributed by atoms with Crippen LogP contribution in [0.25, 0.3) is 10.9 Å². The number of H-pyrrole nitrogens is 1. The summed E-state index contributed by atoms with van der Waals surface area (Å²) in [6.07, 6.45) is 3.47. The maximum absolute atomic E-state index is 12.9. The number of rotatable bonds is 8. The fourth-order valence-corrected chi connectivity index (χ4v) is 4.20. The van der Waals surface area contributed by atoms with Gasteiger partial charge in [-0.05, 0) is 37.3 Å². The van der Waals surface area contributed by atoms with Crippen LogP contribution in [0.15, 0.2) is 24.3 Å². The van der Waals surface area contributed by atoms with Crippen LogP contribution in [-0.4, -0.2) is 41.3 Å². The van der Waals surface area contributed by atoms with E-state index in [0.717, 1.165) is 18.2 Å². The molecule has 1 saturated carbocycles. The van der Waals surface area contributed by atoms with Gasteiger partial charge in [0.25, 0.3) is 5.91 Å². The SMILES string of the molecule is N#CC(C[C@@H]1CCNC1=O)NC(=O)C(CC1CC1)NC(=O)c1cc2cccc(Cl)c2[nH]1. The van der Waals surface area contributed by atoms with Crippen molar-refractivity contribution in [1.82, 2.24) is 20.9 Å². The van der Waals surface area contributed by atoms with Crippen LogP contribution < -0.4 is 16.0 Å². The molecular weight excluding hydrogens is 418 g/mol. The van der Waals surface area contributed by atoms with Gasteiger partial charge in [-0.15, -0.1) is 0 Å². The average molecular weight is 442 g/mol. The molecule has 2 aromatic rings. The van der Waals surface area contributed by atoms with E-state index in [1.54, 1.807) is 18.2 Å². The molecule has 8 nitrogen and oxygen atoms in total. The molecule has 2 unspecified atom stereocenters. The summed E-state index contributed by atoms with van der Waals surface area (Å²) in [5, 5.41) is 19.0. The van der Waals surface area contributed by atoms with Gasteiger partial charge in [0.1, 0.15) is 17.8 Å². The number of carbonyl (C=O) groups is 3. The summed E-state index contributed by atoms with van der Waals surface area (Å²) >= 11 is 6.18. The first-order valence-corrected chi connectivity index (χ1v) is 10.9. The Morgan fingerprint density at radius 2 is 2.03 bits per heavy atom. The van der Waals surface area contributed by atoms with Crippen LogP contribution in [-0.2, 0) is 9.59 Å². The number of para-hydroxylation sites is 1. The molecule has 2 aliphatic rings. The molecule has 2 fully saturated rings. The molecule has 0 bridgehead atoms. The predicted octanol–water partition coefficient (Wildman–Crippen LogP) is 2.25. The fraction of sp³-hybridized carbons (Fsp3) is 0.455. The van der Waals surface area contributed by atoms with Crippen molar-refractivity contribution < 1.29 is 14.4 Å². The molecule has 9 heteroatoms. The molecule has 0 radical (unpaired) electrons. The molecule has 1 aromatic heterocycles. The summed E-state index contributed by atoms with van der Waals surface area (Å²) in [5.41, 5.74) is 0.980. The summed E-state index contributed by atoms with van der Waals surface area (Å²) in [6, 6.07) is 7.60. The number of aromatic nitrogens is 1. The maximum atomic E-state index is 12.9. The maximum Gasteiger partial charge on any atom is 0.268 e. The Balaban J connectivity index is 1.43. The molecule has 1 saturated heterocycles. The first-order valence-electron chi connectivity index (χ1n) is 10.5. The zero-order chi connectivity index (χ0) is 22.0. The average Bonchev–Trinajstić information content (AvgIpc) is 3.30. The second-order valence-corrected chi connectivity index (χ2v) is 8.70. The minimum Gasteiger partial charge on any atom is -0.356 e. The van der Waals surface area contributed by atoms with Gasteiger partial charge in [-0.3, -0.25) is 14.4 Å². The number of hydrogen-bond acceptors (Lipinski definition) is 4. The van der Waals surface area contributed by atoms with E-state index in [0.29, 0.717) is 41.5 Å². The molecule has 1 aliphatic carbocycles. The molecule has 1 aliphatic heterocycles. The quantitative estimate of drug-likeness (QED) is 0.501. The van der Waals surface area contributed by atoms with E-state index in [9.17, 15) is 19.6 Å². The van der Waals surface area contributed by atoms with Crippen molar-refractivity contribution in [2.75, 3.05) is 6.54 Å². The smallest absolute Gasteiger partial charge is 0.268 e. The second kappa shape index (κ2) is 8.98. The molecule has 0 spiro atoms. The van der Waals surface area contributed by atoms with Crippen LogP contribution in [0.1, 0.15) is 42.6 Å². The largest absolute Gasteiger partial charge is 0.356 e. The Morgan fingerprint density at radius 1 is 1.23 bits per heavy atom. The highest BCUT2D eigenvalue weighted by molar-refractivity contribution is 6.35. The Bertz CT molecular complexity index is 1060. The summed E-state index contributed by atoms with van der Waals surface area (Å²) in [6.45, 7) is 0.588. The molecule has 2 heterocycles. The Kier molecular flexibility index (Phi) is 6.14. The number of nitrogens with one attached hydrogen (secondary N) is 4. The Labute approximate surface area is 184 Å². The zero-order valence-electron chi connectivity index (χ0n) is 16.9. The lowest BCUT2D eigenvalue weighted by atomic mass is 9.98. The van der Waals surface area contributed by atoms with Crippen LogP contribution in [0.4, 0.5) is 0 Å². The summed E-state index contributed by atoms with van der Waals surface area (Å²) < 4.78 is 0. The normalized spacial score (nSPS) is 20.0. The first kappa shape index (κ1) is 21.2. The zero-order valence-corrected chi connectivity index (χ0v) is 17.7. The van der Waals surface area contributed by atoms with Crippen LogP contribution in [0.2, 0.25) is 5.02 Å². The van der Waals surface area contributed by atoms with Crippen LogP contribution in [0, 0.1) is 23.2 Å². The number of carbonyl (C=O) groups excluding carboxylic acids is 3. The van der Waals surface area contributed by atoms with Crippen molar-refractivity contribution in [2.45, 2.75) is 44.2 Å². The van der Waals surface area contributed by atoms with E-state index in [2.05, 4.69) is 27.0 Å². The van der Waals surface area contributed by atoms with Gasteiger partial charge in [0.2, 0.25) is 11.8 Å². The summed E-state index contributed by atoms with van der Waals surface area (Å²) in [7, 11) is 0. The number of halogens is 1. The van der Waals surface area contributed by atoms with E-state index in [1.807, 2.05) is 6.07 Å². The predicted molar refractivity (Wildman–Crippen MR) is 115 cm³/mol. The highest BCUT2D eigenvalue weighted by atomic mass is 35.5. The second-order valence-electron chi connectivity index (χ2n) is 8.29. The molecule has 162 valence electrons. The van der Waals surface area contributed by atoms with Crippen molar-refractivity contribution in [3.63, 3.8) is 0 Å². The van der Waals surface area contributed by atoms with Crippen LogP contribution in [0.3, 0.4) is 0 Å². The molecule has 31 heavy (non-hydrogen) atoms. The number of fused-ring (bicyclic) bond motifs is 1. The monoisotopic (exact) mass is 441 g/mol. The molecule has 4 rings (SSSR count). The number of aromatic amines is 1. The van der Waals surface area contributed by atoms with Gasteiger partial charge < -0.3 is 20.9 Å². The molecule has 3 amide bonds. The number of nitriles is 1. The van der Waals surface area contributed by atoms with Crippen molar-refractivity contribution in [3.05, 3.63) is 35.0 Å². The topological polar surface area (TPSA) is 127 Å². The molecule has 3 atom stereocenters. The number of amides is 3. The van der Waals surface area contributed by atoms with E-state index in [4.69, 9.17) is 11.6 Å². The highest BCUT2D eigenvalue weighted by Crippen LogP contribution is 2.33. The van der Waals surface area contributed by atoms with Crippen LogP contribution in [0.5, 0.6) is 0 Å². The third-order valence-electron chi connectivity index (χ3n) is 5.89. The lowest BCUT2D eigenvalue weighted by molar-refractivity contribution is -0.125. The number of nitrogens with zero attached hydrogens (tertiary/aromatic N) is 1. The van der Waals surface area contributed by atoms with Gasteiger partial charge in [-0.25, -0.2) is 0 Å². The summed E-state index contributed by atoms with van der Waals surface area (Å²) in [4.78, 5) is 40.6. The van der Waals surface area contributed by atoms with Crippen molar-refractivity contribution >= 4 is 40.2 Å². The Morgan fingerprint density at radius 3 is 2.68 bits per heavy atom. The Hall–Kier alpha value is -3.05. The van der Waals surface area contributed by atoms with Gasteiger partial charge in [0, 0.05) is 17.8 Å². The van der Waals surface area contributed by atoms with Gasteiger partial charge in [0.05, 0.1) is 16.6 Å². The number of hydrogen-bond donors (Lipinski definition) is 4. The fourth-order valence-electron chi connectivity index (χ4n) is 3.97. The van der Waals surface area contributed by atoms with Crippen molar-refractivity contribution in [1.29, 1.82) is 5.26 Å². The van der Waals surface area contributed by atoms with E-state index in [1.165, 1.54) is 0 Å². The van der Waals surface area contributed by atoms with Crippen LogP contribution >= 0.6 is 11.6 Å². The molecular formula is C22H24ClN5O3. The van der Waals surface area contributed by atoms with E-state index < -0.39 is 23.9 Å². The van der Waals surface area contributed by atoms with E-state index >= 15 is 0 Å². The minimum atomic E-state index is -0.785. The standard InChI is InChI=1S/C22H24ClN5O3/c23-16-3-1-2-13-10-18(27-19(13)16)22(31)28-17(8-12-4-5-12)21(30)26-15(11-24)9-14-6-7-25-20(14)29/h1-3,10,12,14-15,17,27H,4-9H2,(H,25,29)(H,26,30)(H,28,31)/t14-,15?,17?/m0/s1. The third kappa shape index (κ3) is 5.00. The third-order valence-corrected chi connectivity index (χ3v) is 6.21. The molecule has 4 N–H and O–H groups in total. The van der Waals surface area contributed by atoms with Gasteiger partial charge >= 0.3 is 0 Å². The highest BCUT2D eigenvalue weighted by Gasteiger charge is 2.33. The molecule has 1 aromatic carbocycles. The lowest BCUT2D eigenvalue weighted by Crippen LogP contribution is -2.50. The van der Waals surface area contributed by atoms with Gasteiger partial charge in [-0.1, -0.05) is 36.6 Å². The first-order chi connectivity index (χ1) is 14.9. The van der Waals surface area contributed by atoms with Crippen molar-refractivity contribution in [2.24, 2.45) is 11.8 Å². The summed E-state index contributed by atoms with van der Waals surface area (Å²) in [5.74, 6) is -0.794. The number of benzene rings is 1. The van der Waals surface area contributed by atoms with E-state index in [-0.39, 0.29) is 18.2 Å². The van der Waals surface area contributed by atoms with Gasteiger partial charge in [-0.2, -0.15) is 5.26 Å². The van der Waals surface area contributed by atoms with Gasteiger partial charge in [0.15, 0.2) is 0 Å². The minimum absolute atomic E-state index is 0.0881. The lowest BCUT2D eigenvalue weighted by Gasteiger charge is -2.21.